The van der Waals surface area contributed by atoms with Gasteiger partial charge in [-0.2, -0.15) is 4.98 Å². The van der Waals surface area contributed by atoms with Gasteiger partial charge in [-0.15, -0.1) is 0 Å². The third-order valence-electron chi connectivity index (χ3n) is 2.50. The van der Waals surface area contributed by atoms with Crippen LogP contribution in [-0.4, -0.2) is 56.4 Å². The molecule has 1 aliphatic heterocycles. The number of hydrogen-bond donors (Lipinski definition) is 5. The molecule has 8 heteroatoms. The number of aliphatic hydroxyl groups excluding tert-OH is 3. The number of rotatable bonds is 3. The molecular weight excluding hydrogens is 230 g/mol. The predicted molar refractivity (Wildman–Crippen MR) is 56.2 cm³/mol. The van der Waals surface area contributed by atoms with Crippen molar-refractivity contribution in [2.75, 3.05) is 11.9 Å². The Hall–Kier alpha value is -1.48. The van der Waals surface area contributed by atoms with Crippen molar-refractivity contribution in [1.29, 1.82) is 0 Å². The minimum Gasteiger partial charge on any atom is -0.394 e. The average molecular weight is 243 g/mol. The number of anilines is 1. The predicted octanol–water partition coefficient (Wildman–Crippen LogP) is -2.38. The van der Waals surface area contributed by atoms with Crippen molar-refractivity contribution in [2.45, 2.75) is 24.5 Å². The van der Waals surface area contributed by atoms with Gasteiger partial charge in [0.1, 0.15) is 24.1 Å². The van der Waals surface area contributed by atoms with Crippen LogP contribution in [-0.2, 0) is 4.74 Å². The first-order chi connectivity index (χ1) is 8.11. The SMILES string of the molecule is O=c1nc(N[C@H]2O[C@H](CO)[C@@H](O)[C@@H]2O)cc[nH]1. The second-order valence-corrected chi connectivity index (χ2v) is 3.68. The Morgan fingerprint density at radius 2 is 2.24 bits per heavy atom. The standard InChI is InChI=1S/C9H13N3O5/c13-3-4-6(14)7(15)8(17-4)11-5-1-2-10-9(16)12-5/h1-2,4,6-8,13-15H,3H2,(H2,10,11,12,16)/t4-,6-,7+,8+/m1/s1. The Balaban J connectivity index is 2.07. The molecule has 0 aromatic carbocycles. The molecule has 0 aliphatic carbocycles. The molecule has 8 nitrogen and oxygen atoms in total. The first-order valence-corrected chi connectivity index (χ1v) is 5.06. The van der Waals surface area contributed by atoms with E-state index in [2.05, 4.69) is 15.3 Å². The molecule has 1 aromatic heterocycles. The molecule has 94 valence electrons. The molecule has 4 atom stereocenters. The lowest BCUT2D eigenvalue weighted by Crippen LogP contribution is -2.37. The zero-order valence-electron chi connectivity index (χ0n) is 8.78. The van der Waals surface area contributed by atoms with E-state index in [1.807, 2.05) is 0 Å². The smallest absolute Gasteiger partial charge is 0.346 e. The Labute approximate surface area is 95.9 Å². The molecule has 0 bridgehead atoms. The maximum atomic E-state index is 10.9. The third kappa shape index (κ3) is 2.44. The quantitative estimate of drug-likeness (QED) is 0.401. The Morgan fingerprint density at radius 3 is 2.82 bits per heavy atom. The number of aromatic amines is 1. The Morgan fingerprint density at radius 1 is 1.47 bits per heavy atom. The summed E-state index contributed by atoms with van der Waals surface area (Å²) in [7, 11) is 0. The van der Waals surface area contributed by atoms with E-state index >= 15 is 0 Å². The number of nitrogens with zero attached hydrogens (tertiary/aromatic N) is 1. The highest BCUT2D eigenvalue weighted by atomic mass is 16.6. The molecule has 0 saturated carbocycles. The van der Waals surface area contributed by atoms with Gasteiger partial charge in [0, 0.05) is 6.20 Å². The molecule has 0 spiro atoms. The first kappa shape index (κ1) is 12.0. The van der Waals surface area contributed by atoms with E-state index in [1.165, 1.54) is 12.3 Å². The second-order valence-electron chi connectivity index (χ2n) is 3.68. The maximum absolute atomic E-state index is 10.9. The van der Waals surface area contributed by atoms with Crippen LogP contribution in [0.4, 0.5) is 5.82 Å². The number of aliphatic hydroxyl groups is 3. The van der Waals surface area contributed by atoms with Gasteiger partial charge in [-0.3, -0.25) is 0 Å². The summed E-state index contributed by atoms with van der Waals surface area (Å²) in [6.45, 7) is -0.404. The second kappa shape index (κ2) is 4.80. The highest BCUT2D eigenvalue weighted by Crippen LogP contribution is 2.21. The minimum atomic E-state index is -1.20. The van der Waals surface area contributed by atoms with Gasteiger partial charge in [-0.05, 0) is 6.07 Å². The van der Waals surface area contributed by atoms with Crippen LogP contribution in [0.1, 0.15) is 0 Å². The highest BCUT2D eigenvalue weighted by molar-refractivity contribution is 5.33. The topological polar surface area (TPSA) is 128 Å². The molecule has 1 fully saturated rings. The Bertz CT molecular complexity index is 437. The number of ether oxygens (including phenoxy) is 1. The van der Waals surface area contributed by atoms with Crippen molar-refractivity contribution in [3.05, 3.63) is 22.7 Å². The molecule has 0 amide bonds. The summed E-state index contributed by atoms with van der Waals surface area (Å²) in [6, 6.07) is 1.48. The van der Waals surface area contributed by atoms with Crippen molar-refractivity contribution in [1.82, 2.24) is 9.97 Å². The fraction of sp³-hybridized carbons (Fsp3) is 0.556. The van der Waals surface area contributed by atoms with Crippen LogP contribution >= 0.6 is 0 Å². The molecule has 1 aliphatic rings. The maximum Gasteiger partial charge on any atom is 0.346 e. The molecule has 1 aromatic rings. The molecule has 17 heavy (non-hydrogen) atoms. The van der Waals surface area contributed by atoms with E-state index in [0.717, 1.165) is 0 Å². The first-order valence-electron chi connectivity index (χ1n) is 5.06. The summed E-state index contributed by atoms with van der Waals surface area (Å²) in [5.74, 6) is 0.212. The summed E-state index contributed by atoms with van der Waals surface area (Å²) < 4.78 is 5.17. The molecule has 2 heterocycles. The van der Waals surface area contributed by atoms with Gasteiger partial charge in [-0.1, -0.05) is 0 Å². The monoisotopic (exact) mass is 243 g/mol. The van der Waals surface area contributed by atoms with E-state index in [9.17, 15) is 15.0 Å². The molecule has 2 rings (SSSR count). The zero-order chi connectivity index (χ0) is 12.4. The van der Waals surface area contributed by atoms with Crippen LogP contribution < -0.4 is 11.0 Å². The van der Waals surface area contributed by atoms with Crippen molar-refractivity contribution >= 4 is 5.82 Å². The van der Waals surface area contributed by atoms with E-state index in [1.54, 1.807) is 0 Å². The lowest BCUT2D eigenvalue weighted by Gasteiger charge is -2.16. The molecule has 0 radical (unpaired) electrons. The molecular formula is C9H13N3O5. The van der Waals surface area contributed by atoms with Crippen LogP contribution in [0, 0.1) is 0 Å². The van der Waals surface area contributed by atoms with E-state index < -0.39 is 36.8 Å². The van der Waals surface area contributed by atoms with Crippen LogP contribution in [0.2, 0.25) is 0 Å². The van der Waals surface area contributed by atoms with Crippen LogP contribution in [0.15, 0.2) is 17.1 Å². The fourth-order valence-corrected chi connectivity index (χ4v) is 1.62. The normalized spacial score (nSPS) is 32.6. The average Bonchev–Trinajstić information content (AvgIpc) is 2.57. The van der Waals surface area contributed by atoms with Gasteiger partial charge in [0.05, 0.1) is 6.61 Å². The minimum absolute atomic E-state index is 0.212. The molecule has 0 unspecified atom stereocenters. The van der Waals surface area contributed by atoms with Gasteiger partial charge in [-0.25, -0.2) is 4.79 Å². The highest BCUT2D eigenvalue weighted by Gasteiger charge is 2.42. The summed E-state index contributed by atoms with van der Waals surface area (Å²) >= 11 is 0. The summed E-state index contributed by atoms with van der Waals surface area (Å²) in [4.78, 5) is 16.9. The van der Waals surface area contributed by atoms with Gasteiger partial charge >= 0.3 is 5.69 Å². The van der Waals surface area contributed by atoms with Crippen LogP contribution in [0.3, 0.4) is 0 Å². The summed E-state index contributed by atoms with van der Waals surface area (Å²) in [5, 5.41) is 30.7. The van der Waals surface area contributed by atoms with Crippen LogP contribution in [0.25, 0.3) is 0 Å². The lowest BCUT2D eigenvalue weighted by atomic mass is 10.1. The van der Waals surface area contributed by atoms with Gasteiger partial charge in [0.25, 0.3) is 0 Å². The summed E-state index contributed by atoms with van der Waals surface area (Å²) in [6.07, 6.45) is -2.77. The van der Waals surface area contributed by atoms with Crippen molar-refractivity contribution < 1.29 is 20.1 Å². The molecule has 1 saturated heterocycles. The zero-order valence-corrected chi connectivity index (χ0v) is 8.78. The largest absolute Gasteiger partial charge is 0.394 e. The van der Waals surface area contributed by atoms with Crippen molar-refractivity contribution in [3.8, 4) is 0 Å². The Kier molecular flexibility index (Phi) is 3.38. The number of H-pyrrole nitrogens is 1. The van der Waals surface area contributed by atoms with Gasteiger partial charge in [0.2, 0.25) is 0 Å². The van der Waals surface area contributed by atoms with Gasteiger partial charge < -0.3 is 30.4 Å². The lowest BCUT2D eigenvalue weighted by molar-refractivity contribution is -0.0154. The van der Waals surface area contributed by atoms with E-state index in [4.69, 9.17) is 9.84 Å². The molecule has 5 N–H and O–H groups in total. The van der Waals surface area contributed by atoms with Crippen molar-refractivity contribution in [3.63, 3.8) is 0 Å². The third-order valence-corrected chi connectivity index (χ3v) is 2.50. The number of hydrogen-bond acceptors (Lipinski definition) is 7. The summed E-state index contributed by atoms with van der Waals surface area (Å²) in [5.41, 5.74) is -0.540. The van der Waals surface area contributed by atoms with E-state index in [0.29, 0.717) is 0 Å². The number of nitrogens with one attached hydrogen (secondary N) is 2. The number of aromatic nitrogens is 2. The van der Waals surface area contributed by atoms with Crippen molar-refractivity contribution in [2.24, 2.45) is 0 Å². The van der Waals surface area contributed by atoms with Crippen LogP contribution in [0.5, 0.6) is 0 Å². The van der Waals surface area contributed by atoms with E-state index in [-0.39, 0.29) is 5.82 Å². The fourth-order valence-electron chi connectivity index (χ4n) is 1.62. The van der Waals surface area contributed by atoms with Gasteiger partial charge in [0.15, 0.2) is 6.23 Å².